The Balaban J connectivity index is 1.49. The summed E-state index contributed by atoms with van der Waals surface area (Å²) in [5, 5.41) is 11.1. The third kappa shape index (κ3) is 3.90. The summed E-state index contributed by atoms with van der Waals surface area (Å²) >= 11 is 0. The Hall–Kier alpha value is -3.55. The minimum absolute atomic E-state index is 0.117. The van der Waals surface area contributed by atoms with Gasteiger partial charge in [-0.15, -0.1) is 5.10 Å². The molecule has 2 aromatic carbocycles. The van der Waals surface area contributed by atoms with Crippen LogP contribution in [0.3, 0.4) is 0 Å². The van der Waals surface area contributed by atoms with Gasteiger partial charge in [0.15, 0.2) is 6.04 Å². The zero-order chi connectivity index (χ0) is 19.3. The van der Waals surface area contributed by atoms with Gasteiger partial charge in [0.1, 0.15) is 12.1 Å². The van der Waals surface area contributed by atoms with E-state index in [1.807, 2.05) is 30.3 Å². The third-order valence-electron chi connectivity index (χ3n) is 4.67. The highest BCUT2D eigenvalue weighted by Gasteiger charge is 2.25. The lowest BCUT2D eigenvalue weighted by Gasteiger charge is -2.17. The van der Waals surface area contributed by atoms with Gasteiger partial charge in [0, 0.05) is 25.1 Å². The topological polar surface area (TPSA) is 90.2 Å². The fourth-order valence-electron chi connectivity index (χ4n) is 3.23. The van der Waals surface area contributed by atoms with Crippen molar-refractivity contribution in [2.75, 3.05) is 11.4 Å². The van der Waals surface area contributed by atoms with Crippen LogP contribution in [0.5, 0.6) is 5.75 Å². The molecule has 1 saturated heterocycles. The van der Waals surface area contributed by atoms with E-state index in [0.29, 0.717) is 18.6 Å². The molecule has 2 heterocycles. The number of hydrogen-bond donors (Lipinski definition) is 0. The first kappa shape index (κ1) is 17.8. The van der Waals surface area contributed by atoms with Gasteiger partial charge in [0.05, 0.1) is 0 Å². The van der Waals surface area contributed by atoms with Gasteiger partial charge in [-0.1, -0.05) is 30.3 Å². The van der Waals surface area contributed by atoms with Gasteiger partial charge in [0.2, 0.25) is 5.91 Å². The summed E-state index contributed by atoms with van der Waals surface area (Å²) in [4.78, 5) is 26.4. The molecule has 28 heavy (non-hydrogen) atoms. The number of ether oxygens (including phenoxy) is 1. The molecule has 0 saturated carbocycles. The van der Waals surface area contributed by atoms with Crippen LogP contribution in [-0.4, -0.2) is 38.6 Å². The Morgan fingerprint density at radius 3 is 2.54 bits per heavy atom. The summed E-state index contributed by atoms with van der Waals surface area (Å²) in [5.74, 6) is 0.0686. The Morgan fingerprint density at radius 1 is 1.11 bits per heavy atom. The van der Waals surface area contributed by atoms with Crippen molar-refractivity contribution in [2.45, 2.75) is 25.3 Å². The molecule has 0 spiro atoms. The average molecular weight is 377 g/mol. The van der Waals surface area contributed by atoms with Crippen molar-refractivity contribution in [1.29, 1.82) is 0 Å². The average Bonchev–Trinajstić information content (AvgIpc) is 3.39. The summed E-state index contributed by atoms with van der Waals surface area (Å²) in [6, 6.07) is 15.9. The minimum atomic E-state index is -0.683. The SMILES string of the molecule is O=C(Oc1ccc(N2CCCC2=O)cc1)C(Cc1ccccc1)n1cnnn1. The molecule has 4 rings (SSSR count). The molecular weight excluding hydrogens is 358 g/mol. The van der Waals surface area contributed by atoms with Gasteiger partial charge < -0.3 is 9.64 Å². The highest BCUT2D eigenvalue weighted by molar-refractivity contribution is 5.95. The molecule has 1 amide bonds. The second-order valence-corrected chi connectivity index (χ2v) is 6.56. The molecule has 0 bridgehead atoms. The van der Waals surface area contributed by atoms with Gasteiger partial charge in [-0.3, -0.25) is 4.79 Å². The second-order valence-electron chi connectivity index (χ2n) is 6.56. The normalized spacial score (nSPS) is 14.9. The Bertz CT molecular complexity index is 942. The van der Waals surface area contributed by atoms with E-state index in [2.05, 4.69) is 15.5 Å². The first-order chi connectivity index (χ1) is 13.7. The van der Waals surface area contributed by atoms with E-state index < -0.39 is 12.0 Å². The lowest BCUT2D eigenvalue weighted by molar-refractivity contribution is -0.138. The lowest BCUT2D eigenvalue weighted by Crippen LogP contribution is -2.27. The number of carbonyl (C=O) groups is 2. The number of rotatable bonds is 6. The highest BCUT2D eigenvalue weighted by Crippen LogP contribution is 2.25. The van der Waals surface area contributed by atoms with Crippen LogP contribution in [0.4, 0.5) is 5.69 Å². The van der Waals surface area contributed by atoms with Crippen LogP contribution < -0.4 is 9.64 Å². The molecule has 1 aromatic heterocycles. The summed E-state index contributed by atoms with van der Waals surface area (Å²) in [6.45, 7) is 0.719. The molecule has 0 N–H and O–H groups in total. The molecule has 1 aliphatic heterocycles. The molecule has 1 atom stereocenters. The molecule has 1 unspecified atom stereocenters. The van der Waals surface area contributed by atoms with E-state index in [9.17, 15) is 9.59 Å². The molecular formula is C20H19N5O3. The van der Waals surface area contributed by atoms with E-state index >= 15 is 0 Å². The number of anilines is 1. The van der Waals surface area contributed by atoms with E-state index in [1.165, 1.54) is 11.0 Å². The zero-order valence-corrected chi connectivity index (χ0v) is 15.1. The van der Waals surface area contributed by atoms with Crippen LogP contribution in [0.1, 0.15) is 24.4 Å². The number of benzene rings is 2. The van der Waals surface area contributed by atoms with E-state index in [1.54, 1.807) is 29.2 Å². The van der Waals surface area contributed by atoms with Crippen LogP contribution >= 0.6 is 0 Å². The summed E-state index contributed by atoms with van der Waals surface area (Å²) in [7, 11) is 0. The smallest absolute Gasteiger partial charge is 0.336 e. The molecule has 0 radical (unpaired) electrons. The molecule has 0 aliphatic carbocycles. The largest absolute Gasteiger partial charge is 0.425 e. The monoisotopic (exact) mass is 377 g/mol. The van der Waals surface area contributed by atoms with E-state index in [-0.39, 0.29) is 5.91 Å². The lowest BCUT2D eigenvalue weighted by atomic mass is 10.1. The molecule has 3 aromatic rings. The van der Waals surface area contributed by atoms with Crippen molar-refractivity contribution < 1.29 is 14.3 Å². The molecule has 8 heteroatoms. The van der Waals surface area contributed by atoms with Crippen molar-refractivity contribution in [2.24, 2.45) is 0 Å². The molecule has 8 nitrogen and oxygen atoms in total. The van der Waals surface area contributed by atoms with Gasteiger partial charge in [0.25, 0.3) is 0 Å². The number of aromatic nitrogens is 4. The van der Waals surface area contributed by atoms with E-state index in [4.69, 9.17) is 4.74 Å². The Morgan fingerprint density at radius 2 is 1.89 bits per heavy atom. The van der Waals surface area contributed by atoms with Crippen molar-refractivity contribution in [3.05, 3.63) is 66.5 Å². The van der Waals surface area contributed by atoms with Crippen molar-refractivity contribution in [3.8, 4) is 5.75 Å². The Labute approximate surface area is 161 Å². The van der Waals surface area contributed by atoms with Crippen molar-refractivity contribution in [1.82, 2.24) is 20.2 Å². The maximum Gasteiger partial charge on any atom is 0.336 e. The summed E-state index contributed by atoms with van der Waals surface area (Å²) in [6.07, 6.45) is 3.24. The van der Waals surface area contributed by atoms with Crippen LogP contribution in [-0.2, 0) is 16.0 Å². The number of esters is 1. The number of amides is 1. The quantitative estimate of drug-likeness (QED) is 0.483. The predicted octanol–water partition coefficient (Wildman–Crippen LogP) is 2.19. The summed E-state index contributed by atoms with van der Waals surface area (Å²) in [5.41, 5.74) is 1.78. The number of nitrogens with zero attached hydrogens (tertiary/aromatic N) is 5. The van der Waals surface area contributed by atoms with E-state index in [0.717, 1.165) is 24.2 Å². The highest BCUT2D eigenvalue weighted by atomic mass is 16.5. The van der Waals surface area contributed by atoms with Crippen LogP contribution in [0.25, 0.3) is 0 Å². The number of carbonyl (C=O) groups excluding carboxylic acids is 2. The maximum absolute atomic E-state index is 12.8. The molecule has 1 aliphatic rings. The van der Waals surface area contributed by atoms with Gasteiger partial charge in [-0.2, -0.15) is 0 Å². The van der Waals surface area contributed by atoms with Gasteiger partial charge in [-0.05, 0) is 46.7 Å². The zero-order valence-electron chi connectivity index (χ0n) is 15.1. The number of hydrogen-bond acceptors (Lipinski definition) is 6. The Kier molecular flexibility index (Phi) is 5.09. The number of tetrazole rings is 1. The minimum Gasteiger partial charge on any atom is -0.425 e. The maximum atomic E-state index is 12.8. The van der Waals surface area contributed by atoms with Crippen LogP contribution in [0.2, 0.25) is 0 Å². The fourth-order valence-corrected chi connectivity index (χ4v) is 3.23. The van der Waals surface area contributed by atoms with Gasteiger partial charge >= 0.3 is 5.97 Å². The molecule has 142 valence electrons. The predicted molar refractivity (Wildman–Crippen MR) is 101 cm³/mol. The first-order valence-electron chi connectivity index (χ1n) is 9.09. The molecule has 1 fully saturated rings. The fraction of sp³-hybridized carbons (Fsp3) is 0.250. The second kappa shape index (κ2) is 7.99. The van der Waals surface area contributed by atoms with Crippen LogP contribution in [0.15, 0.2) is 60.9 Å². The van der Waals surface area contributed by atoms with Crippen molar-refractivity contribution >= 4 is 17.6 Å². The van der Waals surface area contributed by atoms with Crippen molar-refractivity contribution in [3.63, 3.8) is 0 Å². The first-order valence-corrected chi connectivity index (χ1v) is 9.09. The standard InChI is InChI=1S/C20H19N5O3/c26-19-7-4-12-24(19)16-8-10-17(11-9-16)28-20(27)18(25-14-21-22-23-25)13-15-5-2-1-3-6-15/h1-3,5-6,8-11,14,18H,4,7,12-13H2. The summed E-state index contributed by atoms with van der Waals surface area (Å²) < 4.78 is 6.95. The third-order valence-corrected chi connectivity index (χ3v) is 4.67. The van der Waals surface area contributed by atoms with Gasteiger partial charge in [-0.25, -0.2) is 9.48 Å². The van der Waals surface area contributed by atoms with Crippen LogP contribution in [0, 0.1) is 0 Å².